The molecule has 0 aliphatic carbocycles. The third-order valence-electron chi connectivity index (χ3n) is 3.16. The van der Waals surface area contributed by atoms with E-state index < -0.39 is 0 Å². The van der Waals surface area contributed by atoms with Crippen molar-refractivity contribution in [3.8, 4) is 11.5 Å². The summed E-state index contributed by atoms with van der Waals surface area (Å²) in [5.74, 6) is 0.924. The van der Waals surface area contributed by atoms with Crippen molar-refractivity contribution in [2.24, 2.45) is 15.2 Å². The zero-order chi connectivity index (χ0) is 18.1. The van der Waals surface area contributed by atoms with Crippen LogP contribution in [0.15, 0.2) is 76.4 Å². The molecule has 0 spiro atoms. The second-order valence-corrected chi connectivity index (χ2v) is 5.99. The predicted octanol–water partition coefficient (Wildman–Crippen LogP) is 4.22. The Hall–Kier alpha value is -2.86. The number of nitrogens with zero attached hydrogens (tertiary/aromatic N) is 3. The van der Waals surface area contributed by atoms with Crippen molar-refractivity contribution in [2.75, 3.05) is 5.75 Å². The summed E-state index contributed by atoms with van der Waals surface area (Å²) in [6, 6.07) is 13.8. The normalized spacial score (nSPS) is 12.5. The van der Waals surface area contributed by atoms with E-state index in [1.807, 2.05) is 12.1 Å². The monoisotopic (exact) mass is 353 g/mol. The molecule has 0 heterocycles. The Morgan fingerprint density at radius 3 is 2.40 bits per heavy atom. The van der Waals surface area contributed by atoms with Crippen molar-refractivity contribution in [1.82, 2.24) is 0 Å². The van der Waals surface area contributed by atoms with Gasteiger partial charge in [-0.1, -0.05) is 42.1 Å². The number of phenols is 2. The third kappa shape index (κ3) is 5.61. The molecule has 2 aromatic carbocycles. The largest absolute Gasteiger partial charge is 0.507 e. The highest BCUT2D eigenvalue weighted by atomic mass is 32.2. The van der Waals surface area contributed by atoms with Crippen LogP contribution >= 0.6 is 11.8 Å². The third-order valence-corrected chi connectivity index (χ3v) is 4.01. The maximum absolute atomic E-state index is 9.87. The van der Waals surface area contributed by atoms with E-state index in [1.165, 1.54) is 18.0 Å². The van der Waals surface area contributed by atoms with Crippen molar-refractivity contribution >= 4 is 28.9 Å². The van der Waals surface area contributed by atoms with Crippen molar-refractivity contribution < 1.29 is 10.2 Å². The second-order valence-electron chi connectivity index (χ2n) is 5.00. The van der Waals surface area contributed by atoms with E-state index in [0.29, 0.717) is 27.8 Å². The van der Waals surface area contributed by atoms with Gasteiger partial charge in [-0.3, -0.25) is 0 Å². The van der Waals surface area contributed by atoms with Gasteiger partial charge in [0.25, 0.3) is 0 Å². The van der Waals surface area contributed by atoms with Crippen molar-refractivity contribution in [1.29, 1.82) is 0 Å². The van der Waals surface area contributed by atoms with E-state index in [2.05, 4.69) is 21.8 Å². The molecule has 2 aromatic rings. The molecule has 0 amide bonds. The average Bonchev–Trinajstić information content (AvgIpc) is 2.62. The quantitative estimate of drug-likeness (QED) is 0.366. The molecule has 0 aliphatic heterocycles. The molecular formula is C19H19N3O2S. The molecule has 0 saturated heterocycles. The van der Waals surface area contributed by atoms with E-state index in [9.17, 15) is 10.2 Å². The molecule has 6 heteroatoms. The van der Waals surface area contributed by atoms with Gasteiger partial charge >= 0.3 is 0 Å². The lowest BCUT2D eigenvalue weighted by Gasteiger charge is -2.02. The lowest BCUT2D eigenvalue weighted by molar-refractivity contribution is 0.473. The molecule has 0 aromatic heterocycles. The number of hydrogen-bond acceptors (Lipinski definition) is 5. The van der Waals surface area contributed by atoms with Gasteiger partial charge in [-0.15, -0.1) is 11.7 Å². The predicted molar refractivity (Wildman–Crippen MR) is 106 cm³/mol. The molecule has 0 unspecified atom stereocenters. The summed E-state index contributed by atoms with van der Waals surface area (Å²) in [5.41, 5.74) is 1.78. The number of aromatic hydroxyl groups is 2. The summed E-state index contributed by atoms with van der Waals surface area (Å²) in [6.07, 6.45) is 3.28. The van der Waals surface area contributed by atoms with E-state index >= 15 is 0 Å². The van der Waals surface area contributed by atoms with Gasteiger partial charge in [-0.05, 0) is 31.2 Å². The van der Waals surface area contributed by atoms with Gasteiger partial charge < -0.3 is 10.2 Å². The van der Waals surface area contributed by atoms with Crippen molar-refractivity contribution in [2.45, 2.75) is 6.92 Å². The van der Waals surface area contributed by atoms with Crippen LogP contribution < -0.4 is 0 Å². The molecule has 2 rings (SSSR count). The van der Waals surface area contributed by atoms with Gasteiger partial charge in [-0.25, -0.2) is 4.99 Å². The number of amidine groups is 1. The Kier molecular flexibility index (Phi) is 6.98. The van der Waals surface area contributed by atoms with Gasteiger partial charge in [0.05, 0.1) is 5.71 Å². The Balaban J connectivity index is 2.25. The first-order chi connectivity index (χ1) is 12.1. The standard InChI is InChI=1S/C19H19N3O2S/c1-3-12-25-19(20-13-15-8-4-6-10-17(15)23)22-21-14(2)16-9-5-7-11-18(16)24/h3-11,13,23-24H,1,12H2,2H3/b20-13+,21-14+,22-19+. The molecule has 0 radical (unpaired) electrons. The lowest BCUT2D eigenvalue weighted by Crippen LogP contribution is -1.96. The molecule has 25 heavy (non-hydrogen) atoms. The minimum Gasteiger partial charge on any atom is -0.507 e. The average molecular weight is 353 g/mol. The summed E-state index contributed by atoms with van der Waals surface area (Å²) in [7, 11) is 0. The van der Waals surface area contributed by atoms with Crippen LogP contribution in [0.1, 0.15) is 18.1 Å². The number of aliphatic imine (C=N–C) groups is 1. The number of thioether (sulfide) groups is 1. The molecule has 0 aliphatic rings. The number of rotatable bonds is 5. The van der Waals surface area contributed by atoms with Crippen LogP contribution in [-0.4, -0.2) is 33.1 Å². The molecule has 0 saturated carbocycles. The first-order valence-electron chi connectivity index (χ1n) is 7.58. The SMILES string of the molecule is C=CCSC(/N=C/c1ccccc1O)=N/N=C(\C)c1ccccc1O. The first-order valence-corrected chi connectivity index (χ1v) is 8.56. The summed E-state index contributed by atoms with van der Waals surface area (Å²) in [5, 5.41) is 28.4. The minimum atomic E-state index is 0.146. The maximum Gasteiger partial charge on any atom is 0.209 e. The maximum atomic E-state index is 9.87. The smallest absolute Gasteiger partial charge is 0.209 e. The van der Waals surface area contributed by atoms with Gasteiger partial charge in [0.15, 0.2) is 0 Å². The van der Waals surface area contributed by atoms with Crippen LogP contribution in [0.25, 0.3) is 0 Å². The molecule has 5 nitrogen and oxygen atoms in total. The van der Waals surface area contributed by atoms with E-state index in [4.69, 9.17) is 0 Å². The summed E-state index contributed by atoms with van der Waals surface area (Å²) < 4.78 is 0. The summed E-state index contributed by atoms with van der Waals surface area (Å²) in [4.78, 5) is 4.29. The van der Waals surface area contributed by atoms with Crippen LogP contribution in [0.5, 0.6) is 11.5 Å². The molecular weight excluding hydrogens is 334 g/mol. The van der Waals surface area contributed by atoms with E-state index in [-0.39, 0.29) is 11.5 Å². The topological polar surface area (TPSA) is 77.5 Å². The fourth-order valence-corrected chi connectivity index (χ4v) is 2.39. The molecule has 128 valence electrons. The van der Waals surface area contributed by atoms with Gasteiger partial charge in [0.1, 0.15) is 11.5 Å². The molecule has 0 bridgehead atoms. The highest BCUT2D eigenvalue weighted by molar-refractivity contribution is 8.14. The van der Waals surface area contributed by atoms with Crippen LogP contribution in [0.2, 0.25) is 0 Å². The molecule has 0 atom stereocenters. The van der Waals surface area contributed by atoms with Gasteiger partial charge in [0.2, 0.25) is 5.17 Å². The Morgan fingerprint density at radius 2 is 1.72 bits per heavy atom. The summed E-state index contributed by atoms with van der Waals surface area (Å²) >= 11 is 1.37. The first kappa shape index (κ1) is 18.5. The zero-order valence-electron chi connectivity index (χ0n) is 13.8. The van der Waals surface area contributed by atoms with Crippen molar-refractivity contribution in [3.05, 3.63) is 72.3 Å². The summed E-state index contributed by atoms with van der Waals surface area (Å²) in [6.45, 7) is 5.45. The fraction of sp³-hybridized carbons (Fsp3) is 0.105. The van der Waals surface area contributed by atoms with Crippen LogP contribution in [0, 0.1) is 0 Å². The minimum absolute atomic E-state index is 0.146. The van der Waals surface area contributed by atoms with E-state index in [1.54, 1.807) is 49.4 Å². The highest BCUT2D eigenvalue weighted by Crippen LogP contribution is 2.17. The Bertz CT molecular complexity index is 829. The van der Waals surface area contributed by atoms with E-state index in [0.717, 1.165) is 0 Å². The molecule has 0 fully saturated rings. The second kappa shape index (κ2) is 9.44. The number of hydrogen-bond donors (Lipinski definition) is 2. The molecule has 2 N–H and O–H groups in total. The van der Waals surface area contributed by atoms with Crippen LogP contribution in [-0.2, 0) is 0 Å². The van der Waals surface area contributed by atoms with Gasteiger partial charge in [-0.2, -0.15) is 5.10 Å². The Labute approximate surface area is 151 Å². The number of para-hydroxylation sites is 2. The van der Waals surface area contributed by atoms with Crippen LogP contribution in [0.3, 0.4) is 0 Å². The van der Waals surface area contributed by atoms with Gasteiger partial charge in [0, 0.05) is 23.1 Å². The number of phenolic OH excluding ortho intramolecular Hbond substituents is 2. The van der Waals surface area contributed by atoms with Crippen LogP contribution in [0.4, 0.5) is 0 Å². The zero-order valence-corrected chi connectivity index (χ0v) is 14.6. The Morgan fingerprint density at radius 1 is 1.04 bits per heavy atom. The highest BCUT2D eigenvalue weighted by Gasteiger charge is 2.04. The number of benzene rings is 2. The fourth-order valence-electron chi connectivity index (χ4n) is 1.90. The lowest BCUT2D eigenvalue weighted by atomic mass is 10.1. The van der Waals surface area contributed by atoms with Crippen molar-refractivity contribution in [3.63, 3.8) is 0 Å².